The second kappa shape index (κ2) is 7.96. The summed E-state index contributed by atoms with van der Waals surface area (Å²) in [5, 5.41) is 11.1. The predicted molar refractivity (Wildman–Crippen MR) is 102 cm³/mol. The molecule has 132 valence electrons. The third kappa shape index (κ3) is 4.29. The Morgan fingerprint density at radius 2 is 1.72 bits per heavy atom. The van der Waals surface area contributed by atoms with E-state index in [9.17, 15) is 9.90 Å². The van der Waals surface area contributed by atoms with E-state index in [0.29, 0.717) is 28.0 Å². The molecule has 2 aromatic carbocycles. The molecule has 3 nitrogen and oxygen atoms in total. The number of carboxylic acids is 1. The van der Waals surface area contributed by atoms with Crippen LogP contribution in [-0.4, -0.2) is 29.1 Å². The van der Waals surface area contributed by atoms with E-state index in [-0.39, 0.29) is 12.0 Å². The maximum Gasteiger partial charge on any atom is 0.307 e. The van der Waals surface area contributed by atoms with Crippen molar-refractivity contribution in [3.8, 4) is 0 Å². The van der Waals surface area contributed by atoms with Crippen LogP contribution < -0.4 is 0 Å². The van der Waals surface area contributed by atoms with Gasteiger partial charge >= 0.3 is 5.97 Å². The highest BCUT2D eigenvalue weighted by molar-refractivity contribution is 6.42. The van der Waals surface area contributed by atoms with Gasteiger partial charge in [-0.15, -0.1) is 0 Å². The number of benzene rings is 2. The molecule has 3 rings (SSSR count). The molecule has 0 spiro atoms. The lowest BCUT2D eigenvalue weighted by molar-refractivity contribution is -0.143. The Kier molecular flexibility index (Phi) is 5.90. The van der Waals surface area contributed by atoms with Crippen molar-refractivity contribution < 1.29 is 9.90 Å². The molecule has 1 aliphatic rings. The number of halogens is 3. The van der Waals surface area contributed by atoms with Crippen molar-refractivity contribution in [3.05, 3.63) is 68.7 Å². The molecule has 0 bridgehead atoms. The summed E-state index contributed by atoms with van der Waals surface area (Å²) in [7, 11) is 0. The summed E-state index contributed by atoms with van der Waals surface area (Å²) in [6.07, 6.45) is 1.56. The summed E-state index contributed by atoms with van der Waals surface area (Å²) in [4.78, 5) is 13.7. The number of carbonyl (C=O) groups is 1. The molecule has 2 atom stereocenters. The molecule has 0 aromatic heterocycles. The fourth-order valence-corrected chi connectivity index (χ4v) is 3.82. The van der Waals surface area contributed by atoms with Gasteiger partial charge in [-0.25, -0.2) is 0 Å². The van der Waals surface area contributed by atoms with E-state index in [1.807, 2.05) is 36.4 Å². The van der Waals surface area contributed by atoms with Crippen molar-refractivity contribution in [1.82, 2.24) is 4.90 Å². The van der Waals surface area contributed by atoms with Crippen LogP contribution in [0.25, 0.3) is 0 Å². The fourth-order valence-electron chi connectivity index (χ4n) is 3.38. The van der Waals surface area contributed by atoms with E-state index in [1.165, 1.54) is 0 Å². The standard InChI is InChI=1S/C19H18Cl3NO2/c20-15-6-3-12(4-7-15)18(13-5-8-16(21)17(22)10-13)23-9-1-2-14(11-23)19(24)25/h3-8,10,14,18H,1-2,9,11H2,(H,24,25). The highest BCUT2D eigenvalue weighted by Crippen LogP contribution is 2.35. The van der Waals surface area contributed by atoms with Gasteiger partial charge in [-0.05, 0) is 54.8 Å². The lowest BCUT2D eigenvalue weighted by Crippen LogP contribution is -2.41. The summed E-state index contributed by atoms with van der Waals surface area (Å²) in [5.41, 5.74) is 2.04. The van der Waals surface area contributed by atoms with Crippen LogP contribution in [0.4, 0.5) is 0 Å². The molecule has 6 heteroatoms. The first-order valence-corrected chi connectivity index (χ1v) is 9.26. The molecule has 1 fully saturated rings. The lowest BCUT2D eigenvalue weighted by Gasteiger charge is -2.37. The predicted octanol–water partition coefficient (Wildman–Crippen LogP) is 5.53. The third-order valence-electron chi connectivity index (χ3n) is 4.61. The molecule has 25 heavy (non-hydrogen) atoms. The zero-order valence-electron chi connectivity index (χ0n) is 13.5. The summed E-state index contributed by atoms with van der Waals surface area (Å²) in [5.74, 6) is -1.10. The number of aliphatic carboxylic acids is 1. The molecule has 0 aliphatic carbocycles. The average Bonchev–Trinajstić information content (AvgIpc) is 2.60. The maximum absolute atomic E-state index is 11.5. The molecule has 2 aromatic rings. The van der Waals surface area contributed by atoms with Gasteiger partial charge in [0.25, 0.3) is 0 Å². The van der Waals surface area contributed by atoms with E-state index in [0.717, 1.165) is 24.1 Å². The van der Waals surface area contributed by atoms with Crippen LogP contribution in [0, 0.1) is 5.92 Å². The summed E-state index contributed by atoms with van der Waals surface area (Å²) >= 11 is 18.3. The number of hydrogen-bond acceptors (Lipinski definition) is 2. The first-order valence-electron chi connectivity index (χ1n) is 8.13. The van der Waals surface area contributed by atoms with Crippen molar-refractivity contribution in [2.24, 2.45) is 5.92 Å². The minimum absolute atomic E-state index is 0.0887. The second-order valence-electron chi connectivity index (χ2n) is 6.30. The maximum atomic E-state index is 11.5. The van der Waals surface area contributed by atoms with Crippen LogP contribution in [0.2, 0.25) is 15.1 Å². The van der Waals surface area contributed by atoms with E-state index in [1.54, 1.807) is 6.07 Å². The van der Waals surface area contributed by atoms with E-state index in [2.05, 4.69) is 4.90 Å². The highest BCUT2D eigenvalue weighted by atomic mass is 35.5. The molecule has 0 radical (unpaired) electrons. The highest BCUT2D eigenvalue weighted by Gasteiger charge is 2.31. The molecule has 1 heterocycles. The van der Waals surface area contributed by atoms with Gasteiger partial charge in [-0.2, -0.15) is 0 Å². The number of nitrogens with zero attached hydrogens (tertiary/aromatic N) is 1. The van der Waals surface area contributed by atoms with Gasteiger partial charge in [0.05, 0.1) is 22.0 Å². The van der Waals surface area contributed by atoms with Gasteiger partial charge in [0, 0.05) is 11.6 Å². The third-order valence-corrected chi connectivity index (χ3v) is 5.60. The second-order valence-corrected chi connectivity index (χ2v) is 7.55. The Balaban J connectivity index is 2.00. The van der Waals surface area contributed by atoms with Crippen molar-refractivity contribution in [2.75, 3.05) is 13.1 Å². The molecule has 1 N–H and O–H groups in total. The Bertz CT molecular complexity index is 764. The summed E-state index contributed by atoms with van der Waals surface area (Å²) in [6, 6.07) is 13.1. The van der Waals surface area contributed by atoms with Crippen LogP contribution in [0.5, 0.6) is 0 Å². The lowest BCUT2D eigenvalue weighted by atomic mass is 9.91. The molecule has 0 amide bonds. The van der Waals surface area contributed by atoms with Crippen LogP contribution in [0.3, 0.4) is 0 Å². The Hall–Kier alpha value is -1.26. The normalized spacial score (nSPS) is 19.6. The van der Waals surface area contributed by atoms with E-state index < -0.39 is 5.97 Å². The topological polar surface area (TPSA) is 40.5 Å². The average molecular weight is 399 g/mol. The Labute approximate surface area is 162 Å². The number of carboxylic acid groups (broad SMARTS) is 1. The Morgan fingerprint density at radius 3 is 2.36 bits per heavy atom. The zero-order chi connectivity index (χ0) is 18.0. The molecular weight excluding hydrogens is 381 g/mol. The fraction of sp³-hybridized carbons (Fsp3) is 0.316. The van der Waals surface area contributed by atoms with Crippen LogP contribution in [0.1, 0.15) is 30.0 Å². The van der Waals surface area contributed by atoms with Crippen LogP contribution >= 0.6 is 34.8 Å². The van der Waals surface area contributed by atoms with Gasteiger partial charge in [-0.3, -0.25) is 9.69 Å². The van der Waals surface area contributed by atoms with Crippen molar-refractivity contribution in [1.29, 1.82) is 0 Å². The first-order chi connectivity index (χ1) is 12.0. The molecule has 1 aliphatic heterocycles. The Morgan fingerprint density at radius 1 is 1.04 bits per heavy atom. The monoisotopic (exact) mass is 397 g/mol. The van der Waals surface area contributed by atoms with Gasteiger partial charge < -0.3 is 5.11 Å². The molecular formula is C19H18Cl3NO2. The number of rotatable bonds is 4. The quantitative estimate of drug-likeness (QED) is 0.736. The molecule has 2 unspecified atom stereocenters. The smallest absolute Gasteiger partial charge is 0.307 e. The minimum Gasteiger partial charge on any atom is -0.481 e. The molecule has 0 saturated carbocycles. The zero-order valence-corrected chi connectivity index (χ0v) is 15.7. The summed E-state index contributed by atoms with van der Waals surface area (Å²) in [6.45, 7) is 1.33. The number of likely N-dealkylation sites (tertiary alicyclic amines) is 1. The summed E-state index contributed by atoms with van der Waals surface area (Å²) < 4.78 is 0. The van der Waals surface area contributed by atoms with E-state index >= 15 is 0 Å². The number of hydrogen-bond donors (Lipinski definition) is 1. The molecule has 1 saturated heterocycles. The van der Waals surface area contributed by atoms with Crippen LogP contribution in [-0.2, 0) is 4.79 Å². The van der Waals surface area contributed by atoms with Gasteiger partial charge in [-0.1, -0.05) is 53.0 Å². The largest absolute Gasteiger partial charge is 0.481 e. The van der Waals surface area contributed by atoms with Crippen molar-refractivity contribution in [3.63, 3.8) is 0 Å². The van der Waals surface area contributed by atoms with Crippen LogP contribution in [0.15, 0.2) is 42.5 Å². The van der Waals surface area contributed by atoms with Crippen molar-refractivity contribution >= 4 is 40.8 Å². The van der Waals surface area contributed by atoms with Crippen molar-refractivity contribution in [2.45, 2.75) is 18.9 Å². The minimum atomic E-state index is -0.742. The number of piperidine rings is 1. The first kappa shape index (κ1) is 18.5. The van der Waals surface area contributed by atoms with Gasteiger partial charge in [0.1, 0.15) is 0 Å². The SMILES string of the molecule is O=C(O)C1CCCN(C(c2ccc(Cl)cc2)c2ccc(Cl)c(Cl)c2)C1. The van der Waals surface area contributed by atoms with Gasteiger partial charge in [0.2, 0.25) is 0 Å². The van der Waals surface area contributed by atoms with E-state index in [4.69, 9.17) is 34.8 Å². The van der Waals surface area contributed by atoms with Gasteiger partial charge in [0.15, 0.2) is 0 Å².